The van der Waals surface area contributed by atoms with Gasteiger partial charge in [0.1, 0.15) is 18.3 Å². The molecule has 0 bridgehead atoms. The number of carbonyl (C=O) groups is 1. The van der Waals surface area contributed by atoms with E-state index in [4.69, 9.17) is 5.26 Å². The number of benzene rings is 1. The standard InChI is InChI=1S/C14H10F3N5O/c15-14(16,17)5-13(23)22-10-3-1-9(2-4-10)20-12-8-19-7-11(6-18)21-12/h1-4,7-8H,5H2,(H,20,21)(H,22,23). The Bertz CT molecular complexity index is 737. The largest absolute Gasteiger partial charge is 0.397 e. The van der Waals surface area contributed by atoms with Crippen molar-refractivity contribution in [1.82, 2.24) is 9.97 Å². The maximum atomic E-state index is 12.1. The summed E-state index contributed by atoms with van der Waals surface area (Å²) in [7, 11) is 0. The van der Waals surface area contributed by atoms with Gasteiger partial charge in [0.25, 0.3) is 0 Å². The SMILES string of the molecule is N#Cc1cncc(Nc2ccc(NC(=O)CC(F)(F)F)cc2)n1. The third-order valence-corrected chi connectivity index (χ3v) is 2.55. The highest BCUT2D eigenvalue weighted by molar-refractivity contribution is 5.91. The summed E-state index contributed by atoms with van der Waals surface area (Å²) in [5.41, 5.74) is 0.955. The second kappa shape index (κ2) is 6.74. The Morgan fingerprint density at radius 3 is 2.43 bits per heavy atom. The predicted octanol–water partition coefficient (Wildman–Crippen LogP) is 2.98. The highest BCUT2D eigenvalue weighted by atomic mass is 19.4. The van der Waals surface area contributed by atoms with Gasteiger partial charge in [-0.1, -0.05) is 0 Å². The van der Waals surface area contributed by atoms with E-state index < -0.39 is 18.5 Å². The molecule has 2 rings (SSSR count). The number of nitrogens with zero attached hydrogens (tertiary/aromatic N) is 3. The highest BCUT2D eigenvalue weighted by Crippen LogP contribution is 2.21. The van der Waals surface area contributed by atoms with E-state index in [1.165, 1.54) is 24.5 Å². The van der Waals surface area contributed by atoms with Gasteiger partial charge in [-0.25, -0.2) is 4.98 Å². The molecule has 0 unspecified atom stereocenters. The Labute approximate surface area is 129 Å². The first-order valence-corrected chi connectivity index (χ1v) is 6.31. The fourth-order valence-corrected chi connectivity index (χ4v) is 1.65. The average Bonchev–Trinajstić information content (AvgIpc) is 2.47. The van der Waals surface area contributed by atoms with E-state index in [2.05, 4.69) is 20.6 Å². The lowest BCUT2D eigenvalue weighted by atomic mass is 10.2. The number of nitrogens with one attached hydrogen (secondary N) is 2. The van der Waals surface area contributed by atoms with Crippen molar-refractivity contribution < 1.29 is 18.0 Å². The minimum atomic E-state index is -4.55. The Kier molecular flexibility index (Phi) is 4.75. The smallest absolute Gasteiger partial charge is 0.339 e. The molecule has 9 heteroatoms. The first kappa shape index (κ1) is 16.2. The minimum absolute atomic E-state index is 0.144. The number of nitriles is 1. The summed E-state index contributed by atoms with van der Waals surface area (Å²) in [5.74, 6) is -0.788. The summed E-state index contributed by atoms with van der Waals surface area (Å²) in [6.45, 7) is 0. The number of carbonyl (C=O) groups excluding carboxylic acids is 1. The molecule has 2 aromatic rings. The number of amides is 1. The summed E-state index contributed by atoms with van der Waals surface area (Å²) in [5, 5.41) is 13.8. The van der Waals surface area contributed by atoms with Crippen molar-refractivity contribution in [3.63, 3.8) is 0 Å². The molecular weight excluding hydrogens is 311 g/mol. The van der Waals surface area contributed by atoms with Crippen LogP contribution in [-0.4, -0.2) is 22.1 Å². The van der Waals surface area contributed by atoms with Crippen molar-refractivity contribution in [2.24, 2.45) is 0 Å². The van der Waals surface area contributed by atoms with Crippen molar-refractivity contribution in [1.29, 1.82) is 5.26 Å². The normalized spacial score (nSPS) is 10.7. The van der Waals surface area contributed by atoms with Gasteiger partial charge >= 0.3 is 6.18 Å². The van der Waals surface area contributed by atoms with Crippen molar-refractivity contribution >= 4 is 23.1 Å². The quantitative estimate of drug-likeness (QED) is 0.903. The number of hydrogen-bond donors (Lipinski definition) is 2. The summed E-state index contributed by atoms with van der Waals surface area (Å²) in [6, 6.07) is 7.83. The van der Waals surface area contributed by atoms with Crippen LogP contribution in [0.1, 0.15) is 12.1 Å². The number of alkyl halides is 3. The monoisotopic (exact) mass is 321 g/mol. The second-order valence-corrected chi connectivity index (χ2v) is 4.44. The Hall–Kier alpha value is -3.15. The van der Waals surface area contributed by atoms with E-state index in [0.29, 0.717) is 11.5 Å². The summed E-state index contributed by atoms with van der Waals surface area (Å²) in [4.78, 5) is 19.0. The molecule has 0 atom stereocenters. The molecule has 6 nitrogen and oxygen atoms in total. The molecule has 1 heterocycles. The average molecular weight is 321 g/mol. The van der Waals surface area contributed by atoms with Gasteiger partial charge in [-0.2, -0.15) is 18.4 Å². The van der Waals surface area contributed by atoms with Crippen LogP contribution >= 0.6 is 0 Å². The second-order valence-electron chi connectivity index (χ2n) is 4.44. The maximum Gasteiger partial charge on any atom is 0.397 e. The van der Waals surface area contributed by atoms with Crippen LogP contribution in [0.4, 0.5) is 30.4 Å². The lowest BCUT2D eigenvalue weighted by Crippen LogP contribution is -2.21. The van der Waals surface area contributed by atoms with Crippen LogP contribution in [0.25, 0.3) is 0 Å². The lowest BCUT2D eigenvalue weighted by Gasteiger charge is -2.09. The van der Waals surface area contributed by atoms with Crippen LogP contribution < -0.4 is 10.6 Å². The molecule has 2 N–H and O–H groups in total. The Balaban J connectivity index is 1.99. The van der Waals surface area contributed by atoms with Gasteiger partial charge in [-0.3, -0.25) is 9.78 Å². The van der Waals surface area contributed by atoms with Crippen molar-refractivity contribution in [2.75, 3.05) is 10.6 Å². The molecule has 0 saturated heterocycles. The van der Waals surface area contributed by atoms with Crippen molar-refractivity contribution in [3.8, 4) is 6.07 Å². The fraction of sp³-hybridized carbons (Fsp3) is 0.143. The number of halogens is 3. The molecule has 23 heavy (non-hydrogen) atoms. The van der Waals surface area contributed by atoms with E-state index in [1.807, 2.05) is 6.07 Å². The van der Waals surface area contributed by atoms with Crippen molar-refractivity contribution in [2.45, 2.75) is 12.6 Å². The van der Waals surface area contributed by atoms with Crippen LogP contribution in [-0.2, 0) is 4.79 Å². The van der Waals surface area contributed by atoms with Gasteiger partial charge in [0.05, 0.1) is 12.4 Å². The molecule has 0 aliphatic rings. The molecular formula is C14H10F3N5O. The van der Waals surface area contributed by atoms with Crippen LogP contribution in [0.15, 0.2) is 36.7 Å². The molecule has 0 saturated carbocycles. The van der Waals surface area contributed by atoms with Crippen LogP contribution in [0.5, 0.6) is 0 Å². The maximum absolute atomic E-state index is 12.1. The van der Waals surface area contributed by atoms with E-state index in [9.17, 15) is 18.0 Å². The molecule has 118 valence electrons. The predicted molar refractivity (Wildman–Crippen MR) is 75.8 cm³/mol. The first-order chi connectivity index (χ1) is 10.9. The highest BCUT2D eigenvalue weighted by Gasteiger charge is 2.31. The van der Waals surface area contributed by atoms with E-state index in [1.54, 1.807) is 12.1 Å². The topological polar surface area (TPSA) is 90.7 Å². The van der Waals surface area contributed by atoms with E-state index in [0.717, 1.165) is 0 Å². The van der Waals surface area contributed by atoms with Crippen LogP contribution in [0, 0.1) is 11.3 Å². The van der Waals surface area contributed by atoms with Gasteiger partial charge in [0.2, 0.25) is 5.91 Å². The number of aromatic nitrogens is 2. The summed E-state index contributed by atoms with van der Waals surface area (Å²) in [6.07, 6.45) is -3.36. The van der Waals surface area contributed by atoms with Crippen molar-refractivity contribution in [3.05, 3.63) is 42.4 Å². The third kappa shape index (κ3) is 5.28. The number of hydrogen-bond acceptors (Lipinski definition) is 5. The van der Waals surface area contributed by atoms with Crippen LogP contribution in [0.2, 0.25) is 0 Å². The molecule has 0 fully saturated rings. The molecule has 1 aromatic heterocycles. The molecule has 1 amide bonds. The van der Waals surface area contributed by atoms with Gasteiger partial charge in [0.15, 0.2) is 5.69 Å². The van der Waals surface area contributed by atoms with Crippen LogP contribution in [0.3, 0.4) is 0 Å². The molecule has 0 spiro atoms. The minimum Gasteiger partial charge on any atom is -0.339 e. The molecule has 0 aliphatic carbocycles. The van der Waals surface area contributed by atoms with Gasteiger partial charge in [0, 0.05) is 11.4 Å². The summed E-state index contributed by atoms with van der Waals surface area (Å²) >= 11 is 0. The van der Waals surface area contributed by atoms with E-state index >= 15 is 0 Å². The molecule has 0 radical (unpaired) electrons. The zero-order valence-corrected chi connectivity index (χ0v) is 11.6. The molecule has 0 aliphatic heterocycles. The zero-order valence-electron chi connectivity index (χ0n) is 11.6. The summed E-state index contributed by atoms with van der Waals surface area (Å²) < 4.78 is 36.2. The Morgan fingerprint density at radius 2 is 1.83 bits per heavy atom. The molecule has 1 aromatic carbocycles. The fourth-order valence-electron chi connectivity index (χ4n) is 1.65. The van der Waals surface area contributed by atoms with Gasteiger partial charge < -0.3 is 10.6 Å². The number of rotatable bonds is 4. The van der Waals surface area contributed by atoms with E-state index in [-0.39, 0.29) is 11.4 Å². The number of anilines is 3. The Morgan fingerprint density at radius 1 is 1.17 bits per heavy atom. The third-order valence-electron chi connectivity index (χ3n) is 2.55. The van der Waals surface area contributed by atoms with Gasteiger partial charge in [-0.05, 0) is 24.3 Å². The zero-order chi connectivity index (χ0) is 16.9. The lowest BCUT2D eigenvalue weighted by molar-refractivity contribution is -0.150. The van der Waals surface area contributed by atoms with Gasteiger partial charge in [-0.15, -0.1) is 0 Å². The first-order valence-electron chi connectivity index (χ1n) is 6.31.